The molecule has 0 saturated heterocycles. The first-order valence-corrected chi connectivity index (χ1v) is 8.28. The molecule has 0 radical (unpaired) electrons. The minimum Gasteiger partial charge on any atom is -0.495 e. The molecule has 25 heavy (non-hydrogen) atoms. The van der Waals surface area contributed by atoms with Gasteiger partial charge in [0.05, 0.1) is 20.5 Å². The van der Waals surface area contributed by atoms with E-state index in [9.17, 15) is 0 Å². The van der Waals surface area contributed by atoms with Crippen LogP contribution >= 0.6 is 23.2 Å². The van der Waals surface area contributed by atoms with E-state index in [0.29, 0.717) is 39.2 Å². The van der Waals surface area contributed by atoms with Gasteiger partial charge in [-0.15, -0.1) is 0 Å². The normalized spacial score (nSPS) is 11.2. The fourth-order valence-corrected chi connectivity index (χ4v) is 2.86. The lowest BCUT2D eigenvalue weighted by Crippen LogP contribution is -2.02. The summed E-state index contributed by atoms with van der Waals surface area (Å²) >= 11 is 12.3. The van der Waals surface area contributed by atoms with E-state index in [2.05, 4.69) is 20.3 Å². The lowest BCUT2D eigenvalue weighted by molar-refractivity contribution is 0.395. The zero-order chi connectivity index (χ0) is 18.1. The lowest BCUT2D eigenvalue weighted by atomic mass is 10.2. The Bertz CT molecular complexity index is 901. The van der Waals surface area contributed by atoms with Crippen molar-refractivity contribution in [3.8, 4) is 11.5 Å². The first-order chi connectivity index (χ1) is 11.9. The quantitative estimate of drug-likeness (QED) is 0.656. The van der Waals surface area contributed by atoms with Gasteiger partial charge in [0.2, 0.25) is 5.28 Å². The number of nitrogens with zero attached hydrogens (tertiary/aromatic N) is 4. The van der Waals surface area contributed by atoms with Crippen molar-refractivity contribution in [1.82, 2.24) is 19.5 Å². The molecular formula is C16H17Cl2N5O2. The number of hydrogen-bond donors (Lipinski definition) is 1. The topological polar surface area (TPSA) is 74.1 Å². The second-order valence-corrected chi connectivity index (χ2v) is 6.29. The number of nitrogens with one attached hydrogen (secondary N) is 1. The monoisotopic (exact) mass is 381 g/mol. The molecular weight excluding hydrogens is 365 g/mol. The molecule has 0 amide bonds. The van der Waals surface area contributed by atoms with E-state index in [0.717, 1.165) is 0 Å². The Kier molecular flexibility index (Phi) is 4.87. The third kappa shape index (κ3) is 3.29. The van der Waals surface area contributed by atoms with Crippen molar-refractivity contribution in [1.29, 1.82) is 0 Å². The van der Waals surface area contributed by atoms with Gasteiger partial charge in [0.25, 0.3) is 0 Å². The first kappa shape index (κ1) is 17.6. The Balaban J connectivity index is 2.09. The minimum absolute atomic E-state index is 0.130. The van der Waals surface area contributed by atoms with Crippen molar-refractivity contribution in [3.63, 3.8) is 0 Å². The molecule has 9 heteroatoms. The van der Waals surface area contributed by atoms with Crippen LogP contribution in [0.4, 0.5) is 11.5 Å². The number of anilines is 2. The number of aromatic nitrogens is 4. The van der Waals surface area contributed by atoms with Crippen molar-refractivity contribution in [2.45, 2.75) is 19.9 Å². The maximum absolute atomic E-state index is 6.20. The van der Waals surface area contributed by atoms with E-state index >= 15 is 0 Å². The number of methoxy groups -OCH3 is 2. The van der Waals surface area contributed by atoms with Gasteiger partial charge in [0.1, 0.15) is 16.5 Å². The van der Waals surface area contributed by atoms with Crippen LogP contribution in [-0.2, 0) is 0 Å². The molecule has 1 aromatic carbocycles. The van der Waals surface area contributed by atoms with Crippen LogP contribution in [0.15, 0.2) is 18.5 Å². The van der Waals surface area contributed by atoms with E-state index in [1.165, 1.54) is 14.2 Å². The molecule has 0 aliphatic rings. The zero-order valence-corrected chi connectivity index (χ0v) is 15.7. The molecule has 3 aromatic rings. The number of hydrogen-bond acceptors (Lipinski definition) is 6. The lowest BCUT2D eigenvalue weighted by Gasteiger charge is -2.13. The van der Waals surface area contributed by atoms with Crippen LogP contribution in [0.2, 0.25) is 10.3 Å². The van der Waals surface area contributed by atoms with Gasteiger partial charge in [-0.3, -0.25) is 0 Å². The van der Waals surface area contributed by atoms with Crippen LogP contribution in [0.25, 0.3) is 11.2 Å². The molecule has 0 fully saturated rings. The summed E-state index contributed by atoms with van der Waals surface area (Å²) in [6.45, 7) is 4.08. The maximum atomic E-state index is 6.20. The molecule has 0 spiro atoms. The van der Waals surface area contributed by atoms with Gasteiger partial charge in [0, 0.05) is 23.9 Å². The summed E-state index contributed by atoms with van der Waals surface area (Å²) in [7, 11) is 3.07. The Morgan fingerprint density at radius 1 is 1.08 bits per heavy atom. The summed E-state index contributed by atoms with van der Waals surface area (Å²) in [4.78, 5) is 12.9. The molecule has 0 unspecified atom stereocenters. The van der Waals surface area contributed by atoms with Crippen LogP contribution in [0.5, 0.6) is 11.5 Å². The Hall–Kier alpha value is -2.25. The van der Waals surface area contributed by atoms with E-state index < -0.39 is 0 Å². The first-order valence-electron chi connectivity index (χ1n) is 7.53. The summed E-state index contributed by atoms with van der Waals surface area (Å²) in [5.41, 5.74) is 1.95. The fourth-order valence-electron chi connectivity index (χ4n) is 2.43. The predicted octanol–water partition coefficient (Wildman–Crippen LogP) is 4.47. The summed E-state index contributed by atoms with van der Waals surface area (Å²) in [5, 5.41) is 3.71. The zero-order valence-electron chi connectivity index (χ0n) is 14.2. The van der Waals surface area contributed by atoms with Gasteiger partial charge in [0.15, 0.2) is 17.0 Å². The molecule has 0 aliphatic carbocycles. The van der Waals surface area contributed by atoms with Crippen molar-refractivity contribution in [2.24, 2.45) is 0 Å². The third-order valence-electron chi connectivity index (χ3n) is 3.66. The van der Waals surface area contributed by atoms with Gasteiger partial charge in [-0.25, -0.2) is 4.98 Å². The second kappa shape index (κ2) is 6.93. The summed E-state index contributed by atoms with van der Waals surface area (Å²) in [5.74, 6) is 1.45. The van der Waals surface area contributed by atoms with Crippen LogP contribution in [-0.4, -0.2) is 33.7 Å². The van der Waals surface area contributed by atoms with Gasteiger partial charge in [-0.2, -0.15) is 9.97 Å². The largest absolute Gasteiger partial charge is 0.495 e. The number of ether oxygens (including phenoxy) is 2. The molecule has 132 valence electrons. The summed E-state index contributed by atoms with van der Waals surface area (Å²) in [6.07, 6.45) is 1.72. The molecule has 0 bridgehead atoms. The molecule has 2 heterocycles. The fraction of sp³-hybridized carbons (Fsp3) is 0.312. The van der Waals surface area contributed by atoms with Gasteiger partial charge < -0.3 is 19.4 Å². The molecule has 0 saturated carbocycles. The highest BCUT2D eigenvalue weighted by atomic mass is 35.5. The van der Waals surface area contributed by atoms with Gasteiger partial charge in [-0.05, 0) is 25.4 Å². The second-order valence-electron chi connectivity index (χ2n) is 5.58. The Morgan fingerprint density at radius 2 is 1.72 bits per heavy atom. The summed E-state index contributed by atoms with van der Waals surface area (Å²) < 4.78 is 12.5. The molecule has 0 aliphatic heterocycles. The molecule has 7 nitrogen and oxygen atoms in total. The molecule has 2 aromatic heterocycles. The Morgan fingerprint density at radius 3 is 2.28 bits per heavy atom. The number of halogens is 2. The van der Waals surface area contributed by atoms with Crippen LogP contribution in [0.1, 0.15) is 19.9 Å². The van der Waals surface area contributed by atoms with Crippen molar-refractivity contribution < 1.29 is 9.47 Å². The highest BCUT2D eigenvalue weighted by Gasteiger charge is 2.16. The van der Waals surface area contributed by atoms with Gasteiger partial charge >= 0.3 is 0 Å². The maximum Gasteiger partial charge on any atom is 0.226 e. The average molecular weight is 382 g/mol. The van der Waals surface area contributed by atoms with Crippen LogP contribution in [0, 0.1) is 0 Å². The van der Waals surface area contributed by atoms with E-state index in [4.69, 9.17) is 32.7 Å². The number of benzene rings is 1. The van der Waals surface area contributed by atoms with Crippen molar-refractivity contribution in [2.75, 3.05) is 19.5 Å². The minimum atomic E-state index is 0.130. The average Bonchev–Trinajstić information content (AvgIpc) is 3.00. The smallest absolute Gasteiger partial charge is 0.226 e. The number of imidazole rings is 1. The van der Waals surface area contributed by atoms with Crippen LogP contribution in [0.3, 0.4) is 0 Å². The SMILES string of the molecule is COc1cc(Nc2nc(Cl)nc3c2ncn3C(C)C)cc(OC)c1Cl. The van der Waals surface area contributed by atoms with E-state index in [1.54, 1.807) is 18.5 Å². The highest BCUT2D eigenvalue weighted by Crippen LogP contribution is 2.38. The van der Waals surface area contributed by atoms with Crippen molar-refractivity contribution >= 4 is 45.9 Å². The van der Waals surface area contributed by atoms with Crippen molar-refractivity contribution in [3.05, 3.63) is 28.8 Å². The third-order valence-corrected chi connectivity index (χ3v) is 4.20. The molecule has 0 atom stereocenters. The molecule has 1 N–H and O–H groups in total. The van der Waals surface area contributed by atoms with E-state index in [1.807, 2.05) is 18.4 Å². The van der Waals surface area contributed by atoms with Gasteiger partial charge in [-0.1, -0.05) is 11.6 Å². The highest BCUT2D eigenvalue weighted by molar-refractivity contribution is 6.33. The molecule has 3 rings (SSSR count). The predicted molar refractivity (Wildman–Crippen MR) is 98.6 cm³/mol. The Labute approximate surface area is 154 Å². The van der Waals surface area contributed by atoms with E-state index in [-0.39, 0.29) is 11.3 Å². The number of fused-ring (bicyclic) bond motifs is 1. The number of rotatable bonds is 5. The standard InChI is InChI=1S/C16H17Cl2N5O2/c1-8(2)23-7-19-13-14(21-16(18)22-15(13)23)20-9-5-10(24-3)12(17)11(6-9)25-4/h5-8H,1-4H3,(H,20,21,22). The van der Waals surface area contributed by atoms with Crippen LogP contribution < -0.4 is 14.8 Å². The summed E-state index contributed by atoms with van der Waals surface area (Å²) in [6, 6.07) is 3.68.